The lowest BCUT2D eigenvalue weighted by molar-refractivity contribution is 0.360. The highest BCUT2D eigenvalue weighted by atomic mass is 19.1. The van der Waals surface area contributed by atoms with E-state index >= 15 is 0 Å². The van der Waals surface area contributed by atoms with Crippen molar-refractivity contribution in [3.8, 4) is 17.1 Å². The summed E-state index contributed by atoms with van der Waals surface area (Å²) in [4.78, 5) is 7.34. The van der Waals surface area contributed by atoms with Crippen LogP contribution in [0.2, 0.25) is 0 Å². The molecule has 1 aromatic carbocycles. The van der Waals surface area contributed by atoms with E-state index in [1.807, 2.05) is 6.92 Å². The fourth-order valence-electron chi connectivity index (χ4n) is 2.25. The van der Waals surface area contributed by atoms with E-state index in [9.17, 15) is 8.78 Å². The molecule has 2 aromatic heterocycles. The summed E-state index contributed by atoms with van der Waals surface area (Å²) in [6.07, 6.45) is 2.55. The molecule has 1 N–H and O–H groups in total. The summed E-state index contributed by atoms with van der Waals surface area (Å²) in [6.45, 7) is 2.76. The molecule has 0 aliphatic carbocycles. The lowest BCUT2D eigenvalue weighted by Crippen LogP contribution is -1.99. The van der Waals surface area contributed by atoms with Gasteiger partial charge in [-0.25, -0.2) is 18.4 Å². The molecule has 0 unspecified atom stereocenters. The molecule has 0 fully saturated rings. The summed E-state index contributed by atoms with van der Waals surface area (Å²) in [7, 11) is 1.23. The van der Waals surface area contributed by atoms with E-state index in [2.05, 4.69) is 15.1 Å². The third-order valence-electron chi connectivity index (χ3n) is 3.23. The molecule has 0 saturated carbocycles. The van der Waals surface area contributed by atoms with Crippen molar-refractivity contribution >= 4 is 11.2 Å². The number of aromatic nitrogens is 4. The fourth-order valence-corrected chi connectivity index (χ4v) is 2.25. The van der Waals surface area contributed by atoms with Crippen LogP contribution in [-0.4, -0.2) is 26.9 Å². The van der Waals surface area contributed by atoms with Gasteiger partial charge in [-0.1, -0.05) is 6.92 Å². The molecule has 0 atom stereocenters. The van der Waals surface area contributed by atoms with Gasteiger partial charge < -0.3 is 9.72 Å². The molecule has 0 bridgehead atoms. The summed E-state index contributed by atoms with van der Waals surface area (Å²) >= 11 is 0. The fraction of sp³-hybridized carbons (Fsp3) is 0.286. The van der Waals surface area contributed by atoms with Crippen LogP contribution in [0, 0.1) is 11.6 Å². The molecular formula is C14H14F2N4O. The number of nitrogens with zero attached hydrogens (tertiary/aromatic N) is 3. The molecule has 0 amide bonds. The second kappa shape index (κ2) is 5.16. The highest BCUT2D eigenvalue weighted by Gasteiger charge is 2.19. The van der Waals surface area contributed by atoms with Crippen LogP contribution >= 0.6 is 0 Å². The standard InChI is InChI=1S/C14H14F2N4O/c1-3-6-20-14-10(7-17-20)18-13(19-14)8-4-5-9(15)12(21-2)11(8)16/h4-5,7H,3,6H2,1-2H3,(H,18,19). The van der Waals surface area contributed by atoms with Crippen LogP contribution in [0.4, 0.5) is 8.78 Å². The van der Waals surface area contributed by atoms with Crippen molar-refractivity contribution < 1.29 is 13.5 Å². The molecule has 7 heteroatoms. The van der Waals surface area contributed by atoms with Crippen LogP contribution in [0.25, 0.3) is 22.6 Å². The van der Waals surface area contributed by atoms with Gasteiger partial charge in [-0.15, -0.1) is 0 Å². The summed E-state index contributed by atoms with van der Waals surface area (Å²) in [5, 5.41) is 4.19. The summed E-state index contributed by atoms with van der Waals surface area (Å²) in [6, 6.07) is 2.49. The molecule has 110 valence electrons. The van der Waals surface area contributed by atoms with Gasteiger partial charge in [0.25, 0.3) is 0 Å². The van der Waals surface area contributed by atoms with Crippen molar-refractivity contribution in [3.63, 3.8) is 0 Å². The average Bonchev–Trinajstić information content (AvgIpc) is 3.02. The minimum absolute atomic E-state index is 0.160. The molecule has 5 nitrogen and oxygen atoms in total. The Balaban J connectivity index is 2.12. The number of imidazole rings is 1. The van der Waals surface area contributed by atoms with Gasteiger partial charge in [0.2, 0.25) is 0 Å². The number of benzene rings is 1. The number of hydrogen-bond acceptors (Lipinski definition) is 3. The molecular weight excluding hydrogens is 278 g/mol. The molecule has 2 heterocycles. The van der Waals surface area contributed by atoms with E-state index in [0.29, 0.717) is 17.0 Å². The first-order valence-corrected chi connectivity index (χ1v) is 6.59. The predicted octanol–water partition coefficient (Wildman–Crippen LogP) is 3.12. The molecule has 21 heavy (non-hydrogen) atoms. The SMILES string of the molecule is CCCn1ncc2[nH]c(-c3ccc(F)c(OC)c3F)nc21. The number of hydrogen-bond donors (Lipinski definition) is 1. The Morgan fingerprint density at radius 2 is 2.14 bits per heavy atom. The van der Waals surface area contributed by atoms with Gasteiger partial charge in [0.1, 0.15) is 11.3 Å². The lowest BCUT2D eigenvalue weighted by Gasteiger charge is -2.06. The van der Waals surface area contributed by atoms with Crippen LogP contribution in [0.15, 0.2) is 18.3 Å². The molecule has 3 rings (SSSR count). The topological polar surface area (TPSA) is 55.7 Å². The largest absolute Gasteiger partial charge is 0.491 e. The van der Waals surface area contributed by atoms with Gasteiger partial charge in [0.05, 0.1) is 18.9 Å². The third kappa shape index (κ3) is 2.14. The van der Waals surface area contributed by atoms with Crippen molar-refractivity contribution in [1.29, 1.82) is 0 Å². The minimum atomic E-state index is -0.774. The predicted molar refractivity (Wildman–Crippen MR) is 74.1 cm³/mol. The maximum atomic E-state index is 14.3. The first kappa shape index (κ1) is 13.5. The maximum Gasteiger partial charge on any atom is 0.191 e. The Hall–Kier alpha value is -2.44. The summed E-state index contributed by atoms with van der Waals surface area (Å²) in [5.41, 5.74) is 1.52. The molecule has 0 radical (unpaired) electrons. The second-order valence-electron chi connectivity index (χ2n) is 4.63. The van der Waals surface area contributed by atoms with Gasteiger partial charge in [-0.3, -0.25) is 0 Å². The van der Waals surface area contributed by atoms with Crippen LogP contribution < -0.4 is 4.74 Å². The highest BCUT2D eigenvalue weighted by molar-refractivity contribution is 5.76. The number of halogens is 2. The van der Waals surface area contributed by atoms with Gasteiger partial charge in [0.15, 0.2) is 23.0 Å². The van der Waals surface area contributed by atoms with Crippen molar-refractivity contribution in [2.75, 3.05) is 7.11 Å². The van der Waals surface area contributed by atoms with E-state index < -0.39 is 17.4 Å². The van der Waals surface area contributed by atoms with Gasteiger partial charge in [-0.05, 0) is 18.6 Å². The number of ether oxygens (including phenoxy) is 1. The first-order valence-electron chi connectivity index (χ1n) is 6.59. The molecule has 0 aliphatic rings. The number of nitrogens with one attached hydrogen (secondary N) is 1. The van der Waals surface area contributed by atoms with E-state index in [4.69, 9.17) is 4.74 Å². The smallest absolute Gasteiger partial charge is 0.191 e. The van der Waals surface area contributed by atoms with Crippen molar-refractivity contribution in [1.82, 2.24) is 19.7 Å². The van der Waals surface area contributed by atoms with Crippen LogP contribution in [0.5, 0.6) is 5.75 Å². The number of aromatic amines is 1. The number of H-pyrrole nitrogens is 1. The minimum Gasteiger partial charge on any atom is -0.491 e. The zero-order valence-corrected chi connectivity index (χ0v) is 11.7. The summed E-state index contributed by atoms with van der Waals surface area (Å²) in [5.74, 6) is -1.61. The normalized spacial score (nSPS) is 11.2. The number of methoxy groups -OCH3 is 1. The number of fused-ring (bicyclic) bond motifs is 1. The Bertz CT molecular complexity index is 794. The zero-order chi connectivity index (χ0) is 15.0. The van der Waals surface area contributed by atoms with Crippen LogP contribution in [0.3, 0.4) is 0 Å². The third-order valence-corrected chi connectivity index (χ3v) is 3.23. The Kier molecular flexibility index (Phi) is 3.32. The molecule has 3 aromatic rings. The van der Waals surface area contributed by atoms with E-state index in [1.165, 1.54) is 13.2 Å². The highest BCUT2D eigenvalue weighted by Crippen LogP contribution is 2.30. The Morgan fingerprint density at radius 1 is 1.33 bits per heavy atom. The lowest BCUT2D eigenvalue weighted by atomic mass is 10.2. The number of aryl methyl sites for hydroxylation is 1. The maximum absolute atomic E-state index is 14.3. The van der Waals surface area contributed by atoms with Gasteiger partial charge in [-0.2, -0.15) is 5.10 Å². The molecule has 0 spiro atoms. The first-order chi connectivity index (χ1) is 10.2. The summed E-state index contributed by atoms with van der Waals surface area (Å²) < 4.78 is 34.2. The Morgan fingerprint density at radius 3 is 2.86 bits per heavy atom. The van der Waals surface area contributed by atoms with Crippen molar-refractivity contribution in [3.05, 3.63) is 30.0 Å². The van der Waals surface area contributed by atoms with Crippen molar-refractivity contribution in [2.24, 2.45) is 0 Å². The van der Waals surface area contributed by atoms with E-state index in [-0.39, 0.29) is 5.56 Å². The van der Waals surface area contributed by atoms with E-state index in [1.54, 1.807) is 10.9 Å². The Labute approximate surface area is 119 Å². The van der Waals surface area contributed by atoms with Crippen LogP contribution in [-0.2, 0) is 6.54 Å². The van der Waals surface area contributed by atoms with Crippen molar-refractivity contribution in [2.45, 2.75) is 19.9 Å². The average molecular weight is 292 g/mol. The zero-order valence-electron chi connectivity index (χ0n) is 11.7. The number of rotatable bonds is 4. The van der Waals surface area contributed by atoms with Gasteiger partial charge in [0, 0.05) is 6.54 Å². The molecule has 0 aliphatic heterocycles. The second-order valence-corrected chi connectivity index (χ2v) is 4.63. The molecule has 0 saturated heterocycles. The van der Waals surface area contributed by atoms with Crippen LogP contribution in [0.1, 0.15) is 13.3 Å². The quantitative estimate of drug-likeness (QED) is 0.803. The van der Waals surface area contributed by atoms with E-state index in [0.717, 1.165) is 19.0 Å². The van der Waals surface area contributed by atoms with Gasteiger partial charge >= 0.3 is 0 Å². The monoisotopic (exact) mass is 292 g/mol.